The number of hydrogen-bond donors (Lipinski definition) is 0. The molecule has 2 heterocycles. The van der Waals surface area contributed by atoms with E-state index in [4.69, 9.17) is 4.42 Å². The molecule has 0 aliphatic carbocycles. The number of rotatable bonds is 5. The van der Waals surface area contributed by atoms with Crippen molar-refractivity contribution in [2.24, 2.45) is 0 Å². The van der Waals surface area contributed by atoms with Gasteiger partial charge in [0.15, 0.2) is 4.67 Å². The first-order valence-electron chi connectivity index (χ1n) is 7.02. The molecule has 0 saturated carbocycles. The Bertz CT molecular complexity index is 742. The topological polar surface area (TPSA) is 42.2 Å². The van der Waals surface area contributed by atoms with Gasteiger partial charge in [0, 0.05) is 19.7 Å². The molecule has 3 rings (SSSR count). The van der Waals surface area contributed by atoms with Gasteiger partial charge in [0.2, 0.25) is 0 Å². The molecule has 5 heteroatoms. The molecule has 2 aromatic heterocycles. The summed E-state index contributed by atoms with van der Waals surface area (Å²) in [6.45, 7) is 0.660. The Morgan fingerprint density at radius 2 is 1.91 bits per heavy atom. The van der Waals surface area contributed by atoms with Crippen LogP contribution in [-0.4, -0.2) is 17.0 Å². The number of anilines is 1. The Labute approximate surface area is 138 Å². The molecule has 0 atom stereocenters. The van der Waals surface area contributed by atoms with Crippen LogP contribution in [0.1, 0.15) is 17.1 Å². The van der Waals surface area contributed by atoms with E-state index in [1.54, 1.807) is 6.20 Å². The summed E-state index contributed by atoms with van der Waals surface area (Å²) in [5.41, 5.74) is 1.21. The average Bonchev–Trinajstić information content (AvgIpc) is 2.93. The van der Waals surface area contributed by atoms with Crippen molar-refractivity contribution in [2.45, 2.75) is 13.0 Å². The predicted molar refractivity (Wildman–Crippen MR) is 89.8 cm³/mol. The fraction of sp³-hybridized carbons (Fsp3) is 0.176. The Hall–Kier alpha value is -2.14. The highest BCUT2D eigenvalue weighted by Gasteiger charge is 2.08. The minimum atomic E-state index is 0.660. The summed E-state index contributed by atoms with van der Waals surface area (Å²) in [7, 11) is 1.99. The Morgan fingerprint density at radius 1 is 1.09 bits per heavy atom. The second-order valence-corrected chi connectivity index (χ2v) is 5.84. The van der Waals surface area contributed by atoms with E-state index in [1.807, 2.05) is 48.3 Å². The normalized spacial score (nSPS) is 10.6. The zero-order valence-electron chi connectivity index (χ0n) is 12.2. The van der Waals surface area contributed by atoms with Crippen LogP contribution in [0.25, 0.3) is 0 Å². The molecule has 0 radical (unpaired) electrons. The molecule has 0 saturated heterocycles. The van der Waals surface area contributed by atoms with Crippen molar-refractivity contribution in [3.8, 4) is 0 Å². The van der Waals surface area contributed by atoms with Gasteiger partial charge >= 0.3 is 0 Å². The maximum absolute atomic E-state index is 5.53. The molecule has 22 heavy (non-hydrogen) atoms. The standard InChI is InChI=1S/C17H16BrN3O/c1-21(12-14-7-8-15(18)22-14)17-9-10-19-16(20-17)11-13-5-3-2-4-6-13/h2-10H,11-12H2,1H3. The van der Waals surface area contributed by atoms with Gasteiger partial charge in [-0.05, 0) is 39.7 Å². The lowest BCUT2D eigenvalue weighted by atomic mass is 10.1. The van der Waals surface area contributed by atoms with Gasteiger partial charge in [0.05, 0.1) is 6.54 Å². The van der Waals surface area contributed by atoms with Gasteiger partial charge in [-0.25, -0.2) is 9.97 Å². The van der Waals surface area contributed by atoms with Crippen LogP contribution < -0.4 is 4.90 Å². The van der Waals surface area contributed by atoms with Gasteiger partial charge in [-0.2, -0.15) is 0 Å². The summed E-state index contributed by atoms with van der Waals surface area (Å²) in [5, 5.41) is 0. The van der Waals surface area contributed by atoms with Gasteiger partial charge in [0.1, 0.15) is 17.4 Å². The fourth-order valence-corrected chi connectivity index (χ4v) is 2.56. The lowest BCUT2D eigenvalue weighted by Gasteiger charge is -2.17. The van der Waals surface area contributed by atoms with Gasteiger partial charge in [-0.1, -0.05) is 30.3 Å². The molecule has 0 fully saturated rings. The summed E-state index contributed by atoms with van der Waals surface area (Å²) in [6, 6.07) is 16.0. The van der Waals surface area contributed by atoms with Crippen molar-refractivity contribution in [3.05, 3.63) is 76.5 Å². The predicted octanol–water partition coefficient (Wildman–Crippen LogP) is 4.06. The smallest absolute Gasteiger partial charge is 0.169 e. The average molecular weight is 358 g/mol. The Balaban J connectivity index is 1.73. The Kier molecular flexibility index (Phi) is 4.53. The molecule has 112 valence electrons. The van der Waals surface area contributed by atoms with Crippen LogP contribution in [0.5, 0.6) is 0 Å². The quantitative estimate of drug-likeness (QED) is 0.690. The molecule has 0 bridgehead atoms. The molecule has 0 spiro atoms. The van der Waals surface area contributed by atoms with Gasteiger partial charge in [-0.3, -0.25) is 0 Å². The second kappa shape index (κ2) is 6.75. The van der Waals surface area contributed by atoms with E-state index in [1.165, 1.54) is 5.56 Å². The largest absolute Gasteiger partial charge is 0.452 e. The summed E-state index contributed by atoms with van der Waals surface area (Å²) in [6.07, 6.45) is 2.53. The minimum absolute atomic E-state index is 0.660. The lowest BCUT2D eigenvalue weighted by molar-refractivity contribution is 0.485. The van der Waals surface area contributed by atoms with Crippen LogP contribution in [0, 0.1) is 0 Å². The second-order valence-electron chi connectivity index (χ2n) is 5.06. The van der Waals surface area contributed by atoms with Crippen molar-refractivity contribution < 1.29 is 4.42 Å². The van der Waals surface area contributed by atoms with Gasteiger partial charge in [-0.15, -0.1) is 0 Å². The molecule has 0 aliphatic heterocycles. The third kappa shape index (κ3) is 3.74. The van der Waals surface area contributed by atoms with Crippen molar-refractivity contribution in [1.29, 1.82) is 0 Å². The van der Waals surface area contributed by atoms with Crippen LogP contribution in [-0.2, 0) is 13.0 Å². The number of nitrogens with zero attached hydrogens (tertiary/aromatic N) is 3. The number of benzene rings is 1. The van der Waals surface area contributed by atoms with Crippen LogP contribution >= 0.6 is 15.9 Å². The van der Waals surface area contributed by atoms with Crippen LogP contribution in [0.4, 0.5) is 5.82 Å². The van der Waals surface area contributed by atoms with E-state index in [9.17, 15) is 0 Å². The fourth-order valence-electron chi connectivity index (χ4n) is 2.22. The molecule has 1 aromatic carbocycles. The maximum atomic E-state index is 5.53. The van der Waals surface area contributed by atoms with Crippen LogP contribution in [0.15, 0.2) is 63.8 Å². The number of halogens is 1. The molecule has 4 nitrogen and oxygen atoms in total. The van der Waals surface area contributed by atoms with Crippen molar-refractivity contribution in [3.63, 3.8) is 0 Å². The third-order valence-electron chi connectivity index (χ3n) is 3.31. The zero-order chi connectivity index (χ0) is 15.4. The van der Waals surface area contributed by atoms with Gasteiger partial charge < -0.3 is 9.32 Å². The van der Waals surface area contributed by atoms with E-state index in [-0.39, 0.29) is 0 Å². The molecule has 0 aliphatic rings. The summed E-state index contributed by atoms with van der Waals surface area (Å²) >= 11 is 3.32. The number of aromatic nitrogens is 2. The molecule has 0 amide bonds. The van der Waals surface area contributed by atoms with Crippen LogP contribution in [0.2, 0.25) is 0 Å². The molecular formula is C17H16BrN3O. The monoisotopic (exact) mass is 357 g/mol. The van der Waals surface area contributed by atoms with Crippen molar-refractivity contribution in [2.75, 3.05) is 11.9 Å². The highest BCUT2D eigenvalue weighted by molar-refractivity contribution is 9.10. The van der Waals surface area contributed by atoms with E-state index in [2.05, 4.69) is 38.0 Å². The first-order chi connectivity index (χ1) is 10.7. The van der Waals surface area contributed by atoms with E-state index < -0.39 is 0 Å². The summed E-state index contributed by atoms with van der Waals surface area (Å²) in [4.78, 5) is 11.0. The van der Waals surface area contributed by atoms with E-state index in [0.29, 0.717) is 6.54 Å². The Morgan fingerprint density at radius 3 is 2.64 bits per heavy atom. The molecular weight excluding hydrogens is 342 g/mol. The molecule has 0 unspecified atom stereocenters. The van der Waals surface area contributed by atoms with E-state index >= 15 is 0 Å². The highest BCUT2D eigenvalue weighted by atomic mass is 79.9. The highest BCUT2D eigenvalue weighted by Crippen LogP contribution is 2.18. The first-order valence-corrected chi connectivity index (χ1v) is 7.81. The maximum Gasteiger partial charge on any atom is 0.169 e. The minimum Gasteiger partial charge on any atom is -0.452 e. The third-order valence-corrected chi connectivity index (χ3v) is 3.73. The van der Waals surface area contributed by atoms with Gasteiger partial charge in [0.25, 0.3) is 0 Å². The molecule has 3 aromatic rings. The van der Waals surface area contributed by atoms with Crippen molar-refractivity contribution in [1.82, 2.24) is 9.97 Å². The van der Waals surface area contributed by atoms with E-state index in [0.717, 1.165) is 28.5 Å². The molecule has 0 N–H and O–H groups in total. The number of furan rings is 1. The zero-order valence-corrected chi connectivity index (χ0v) is 13.8. The first kappa shape index (κ1) is 14.8. The lowest BCUT2D eigenvalue weighted by Crippen LogP contribution is -2.18. The number of hydrogen-bond acceptors (Lipinski definition) is 4. The van der Waals surface area contributed by atoms with Crippen molar-refractivity contribution >= 4 is 21.7 Å². The SMILES string of the molecule is CN(Cc1ccc(Br)o1)c1ccnc(Cc2ccccc2)n1. The van der Waals surface area contributed by atoms with Crippen LogP contribution in [0.3, 0.4) is 0 Å². The summed E-state index contributed by atoms with van der Waals surface area (Å²) < 4.78 is 6.27. The summed E-state index contributed by atoms with van der Waals surface area (Å²) in [5.74, 6) is 2.59.